The lowest BCUT2D eigenvalue weighted by atomic mass is 9.32. The summed E-state index contributed by atoms with van der Waals surface area (Å²) in [6.07, 6.45) is 14.9. The molecular formula is C42H71NO4. The molecule has 47 heavy (non-hydrogen) atoms. The molecule has 5 rings (SSSR count). The van der Waals surface area contributed by atoms with Crippen LogP contribution < -0.4 is 0 Å². The number of fused-ring (bicyclic) bond motifs is 7. The van der Waals surface area contributed by atoms with Gasteiger partial charge in [-0.15, -0.1) is 0 Å². The molecule has 0 amide bonds. The number of nitrogens with zero attached hydrogens (tertiary/aromatic N) is 1. The lowest BCUT2D eigenvalue weighted by Crippen LogP contribution is -2.66. The molecule has 0 unspecified atom stereocenters. The summed E-state index contributed by atoms with van der Waals surface area (Å²) in [6.45, 7) is 31.2. The van der Waals surface area contributed by atoms with Gasteiger partial charge in [-0.25, -0.2) is 0 Å². The smallest absolute Gasteiger partial charge is 0.309 e. The molecular weight excluding hydrogens is 582 g/mol. The summed E-state index contributed by atoms with van der Waals surface area (Å²) < 4.78 is 6.20. The van der Waals surface area contributed by atoms with Crippen molar-refractivity contribution < 1.29 is 19.4 Å². The third-order valence-corrected chi connectivity index (χ3v) is 16.5. The number of carbonyl (C=O) groups excluding carboxylic acids is 1. The van der Waals surface area contributed by atoms with Crippen LogP contribution in [0.3, 0.4) is 0 Å². The first-order valence-corrected chi connectivity index (χ1v) is 19.6. The van der Waals surface area contributed by atoms with Crippen LogP contribution in [0, 0.1) is 62.1 Å². The van der Waals surface area contributed by atoms with E-state index in [0.29, 0.717) is 34.0 Å². The maximum absolute atomic E-state index is 13.1. The molecule has 0 aliphatic heterocycles. The molecule has 1 N–H and O–H groups in total. The van der Waals surface area contributed by atoms with Crippen LogP contribution in [0.2, 0.25) is 0 Å². The van der Waals surface area contributed by atoms with Gasteiger partial charge in [0.05, 0.1) is 11.8 Å². The topological polar surface area (TPSA) is 66.8 Å². The van der Waals surface area contributed by atoms with Crippen LogP contribution >= 0.6 is 0 Å². The monoisotopic (exact) mass is 654 g/mol. The third kappa shape index (κ3) is 5.86. The fraction of sp³-hybridized carbons (Fsp3) is 0.905. The highest BCUT2D eigenvalue weighted by atomic mass is 16.5. The summed E-state index contributed by atoms with van der Waals surface area (Å²) >= 11 is 0. The van der Waals surface area contributed by atoms with Gasteiger partial charge >= 0.3 is 11.9 Å². The van der Waals surface area contributed by atoms with E-state index in [-0.39, 0.29) is 29.3 Å². The quantitative estimate of drug-likeness (QED) is 0.178. The Morgan fingerprint density at radius 1 is 0.872 bits per heavy atom. The van der Waals surface area contributed by atoms with E-state index in [9.17, 15) is 14.7 Å². The molecule has 5 aliphatic carbocycles. The van der Waals surface area contributed by atoms with E-state index in [2.05, 4.69) is 66.9 Å². The second kappa shape index (κ2) is 12.8. The molecule has 0 saturated heterocycles. The lowest BCUT2D eigenvalue weighted by Gasteiger charge is -2.73. The standard InChI is InChI=1S/C42H71NO4/c1-12-25-43(13-2)26-24-42-21-16-29(28(3)4)35(42)30-14-15-32-39(9)19-18-33(47-34(44)27-37(5,6)36(45)46)38(7,8)31(39)17-20-41(32,11)40(30,10)22-23-42/h29-33,35H,3,12-27H2,1-2,4-11H3,(H,45,46)/t29-,30+,31-,32+,33-,35+,39-,40+,41+,42+/m0/s1. The number of carboxylic acids is 1. The molecule has 0 aromatic heterocycles. The van der Waals surface area contributed by atoms with Crippen LogP contribution in [0.25, 0.3) is 0 Å². The van der Waals surface area contributed by atoms with Crippen molar-refractivity contribution in [2.24, 2.45) is 62.1 Å². The molecule has 0 heterocycles. The van der Waals surface area contributed by atoms with Crippen molar-refractivity contribution in [2.45, 2.75) is 159 Å². The Morgan fingerprint density at radius 3 is 2.19 bits per heavy atom. The summed E-state index contributed by atoms with van der Waals surface area (Å²) in [6, 6.07) is 0. The van der Waals surface area contributed by atoms with E-state index in [1.165, 1.54) is 82.9 Å². The summed E-state index contributed by atoms with van der Waals surface area (Å²) in [5, 5.41) is 9.59. The maximum atomic E-state index is 13.1. The molecule has 268 valence electrons. The molecule has 0 spiro atoms. The van der Waals surface area contributed by atoms with Crippen LogP contribution in [0.4, 0.5) is 0 Å². The summed E-state index contributed by atoms with van der Waals surface area (Å²) in [7, 11) is 0. The van der Waals surface area contributed by atoms with Gasteiger partial charge in [0.15, 0.2) is 0 Å². The van der Waals surface area contributed by atoms with Crippen LogP contribution in [0.5, 0.6) is 0 Å². The number of hydrogen-bond acceptors (Lipinski definition) is 4. The normalized spacial score (nSPS) is 42.5. The number of carboxylic acid groups (broad SMARTS) is 1. The Kier molecular flexibility index (Phi) is 10.0. The van der Waals surface area contributed by atoms with Crippen molar-refractivity contribution >= 4 is 11.9 Å². The average Bonchev–Trinajstić information content (AvgIpc) is 3.37. The Hall–Kier alpha value is -1.36. The van der Waals surface area contributed by atoms with Gasteiger partial charge in [0.25, 0.3) is 0 Å². The number of carbonyl (C=O) groups is 2. The molecule has 0 radical (unpaired) electrons. The molecule has 5 fully saturated rings. The zero-order valence-electron chi connectivity index (χ0n) is 32.1. The number of ether oxygens (including phenoxy) is 1. The Bertz CT molecular complexity index is 1210. The maximum Gasteiger partial charge on any atom is 0.309 e. The second-order valence-electron chi connectivity index (χ2n) is 19.4. The van der Waals surface area contributed by atoms with Crippen LogP contribution in [0.1, 0.15) is 153 Å². The van der Waals surface area contributed by atoms with Crippen molar-refractivity contribution in [2.75, 3.05) is 19.6 Å². The number of aliphatic carboxylic acids is 1. The predicted octanol–water partition coefficient (Wildman–Crippen LogP) is 10.2. The van der Waals surface area contributed by atoms with Crippen LogP contribution in [-0.2, 0) is 14.3 Å². The summed E-state index contributed by atoms with van der Waals surface area (Å²) in [5.74, 6) is 2.06. The highest BCUT2D eigenvalue weighted by Crippen LogP contribution is 2.78. The first kappa shape index (κ1) is 36.9. The van der Waals surface area contributed by atoms with E-state index in [0.717, 1.165) is 31.2 Å². The van der Waals surface area contributed by atoms with Gasteiger partial charge in [-0.1, -0.05) is 60.6 Å². The van der Waals surface area contributed by atoms with Gasteiger partial charge in [0.1, 0.15) is 6.10 Å². The SMILES string of the molecule is C=C(C)[C@@H]1CC[C@]2(CCN(CC)CCC)CC[C@]3(C)[C@H](CC[C@@H]4[C@@]5(C)CC[C@H](OC(=O)CC(C)(C)C(=O)O)C(C)(C)[C@@H]5CC[C@]43C)[C@@H]12. The third-order valence-electron chi connectivity index (χ3n) is 16.5. The van der Waals surface area contributed by atoms with Crippen molar-refractivity contribution in [3.05, 3.63) is 12.2 Å². The number of allylic oxidation sites excluding steroid dienone is 1. The fourth-order valence-electron chi connectivity index (χ4n) is 13.7. The van der Waals surface area contributed by atoms with Crippen LogP contribution in [0.15, 0.2) is 12.2 Å². The predicted molar refractivity (Wildman–Crippen MR) is 192 cm³/mol. The van der Waals surface area contributed by atoms with Crippen molar-refractivity contribution in [1.29, 1.82) is 0 Å². The summed E-state index contributed by atoms with van der Waals surface area (Å²) in [5.41, 5.74) is 1.50. The lowest BCUT2D eigenvalue weighted by molar-refractivity contribution is -0.250. The van der Waals surface area contributed by atoms with E-state index in [4.69, 9.17) is 4.74 Å². The minimum Gasteiger partial charge on any atom is -0.481 e. The Balaban J connectivity index is 1.39. The van der Waals surface area contributed by atoms with E-state index in [1.807, 2.05) is 0 Å². The fourth-order valence-corrected chi connectivity index (χ4v) is 13.7. The number of esters is 1. The molecule has 5 nitrogen and oxygen atoms in total. The first-order valence-electron chi connectivity index (χ1n) is 19.6. The Labute approximate surface area is 288 Å². The van der Waals surface area contributed by atoms with Gasteiger partial charge in [0, 0.05) is 5.41 Å². The highest BCUT2D eigenvalue weighted by Gasteiger charge is 2.71. The number of hydrogen-bond donors (Lipinski definition) is 1. The van der Waals surface area contributed by atoms with E-state index < -0.39 is 11.4 Å². The minimum absolute atomic E-state index is 0.0831. The largest absolute Gasteiger partial charge is 0.481 e. The van der Waals surface area contributed by atoms with Gasteiger partial charge < -0.3 is 14.7 Å². The zero-order chi connectivity index (χ0) is 34.8. The van der Waals surface area contributed by atoms with Crippen molar-refractivity contribution in [1.82, 2.24) is 4.90 Å². The Morgan fingerprint density at radius 2 is 1.57 bits per heavy atom. The molecule has 5 heteroatoms. The number of rotatable bonds is 11. The molecule has 0 aromatic rings. The van der Waals surface area contributed by atoms with Gasteiger partial charge in [-0.05, 0) is 169 Å². The van der Waals surface area contributed by atoms with Crippen molar-refractivity contribution in [3.63, 3.8) is 0 Å². The summed E-state index contributed by atoms with van der Waals surface area (Å²) in [4.78, 5) is 27.5. The zero-order valence-corrected chi connectivity index (χ0v) is 32.1. The van der Waals surface area contributed by atoms with Crippen LogP contribution in [-0.4, -0.2) is 47.7 Å². The minimum atomic E-state index is -1.11. The first-order chi connectivity index (χ1) is 21.8. The van der Waals surface area contributed by atoms with Gasteiger partial charge in [0.2, 0.25) is 0 Å². The van der Waals surface area contributed by atoms with E-state index in [1.54, 1.807) is 13.8 Å². The molecule has 5 aliphatic rings. The van der Waals surface area contributed by atoms with E-state index >= 15 is 0 Å². The molecule has 0 aromatic carbocycles. The average molecular weight is 654 g/mol. The highest BCUT2D eigenvalue weighted by molar-refractivity contribution is 5.81. The van der Waals surface area contributed by atoms with Gasteiger partial charge in [-0.2, -0.15) is 0 Å². The van der Waals surface area contributed by atoms with Crippen molar-refractivity contribution in [3.8, 4) is 0 Å². The second-order valence-corrected chi connectivity index (χ2v) is 19.4. The molecule has 10 atom stereocenters. The molecule has 0 bridgehead atoms. The molecule has 5 saturated carbocycles. The van der Waals surface area contributed by atoms with Gasteiger partial charge in [-0.3, -0.25) is 9.59 Å².